The average Bonchev–Trinajstić information content (AvgIpc) is 2.69. The van der Waals surface area contributed by atoms with Gasteiger partial charge in [-0.3, -0.25) is 4.98 Å². The molecule has 3 aromatic rings. The number of benzene rings is 2. The first-order valence-electron chi connectivity index (χ1n) is 9.79. The normalized spacial score (nSPS) is 16.4. The Kier molecular flexibility index (Phi) is 4.77. The highest BCUT2D eigenvalue weighted by molar-refractivity contribution is 6.91. The zero-order valence-corrected chi connectivity index (χ0v) is 16.8. The van der Waals surface area contributed by atoms with E-state index >= 15 is 0 Å². The van der Waals surface area contributed by atoms with E-state index in [1.807, 2.05) is 0 Å². The Hall–Kier alpha value is -2.19. The quantitative estimate of drug-likeness (QED) is 0.509. The Morgan fingerprint density at radius 2 is 1.46 bits per heavy atom. The van der Waals surface area contributed by atoms with Crippen LogP contribution in [0.5, 0.6) is 0 Å². The Labute approximate surface area is 158 Å². The standard InChI is InChI=1S/C24H27NSi/c1-19-16-23(25-18-24(19)26(2)14-7-4-8-15-26)22-13-9-12-21(17-22)20-10-5-3-6-11-20/h3,5-6,9-13,16-18H,4,7-8,14-15H2,1-2H3. The molecule has 1 saturated heterocycles. The molecule has 0 unspecified atom stereocenters. The summed E-state index contributed by atoms with van der Waals surface area (Å²) in [6.07, 6.45) is 6.43. The van der Waals surface area contributed by atoms with Crippen LogP contribution in [0.3, 0.4) is 0 Å². The minimum absolute atomic E-state index is 1.09. The van der Waals surface area contributed by atoms with E-state index in [0.29, 0.717) is 0 Å². The third-order valence-corrected chi connectivity index (χ3v) is 10.7. The van der Waals surface area contributed by atoms with Crippen molar-refractivity contribution in [1.82, 2.24) is 4.98 Å². The predicted molar refractivity (Wildman–Crippen MR) is 115 cm³/mol. The van der Waals surface area contributed by atoms with Gasteiger partial charge < -0.3 is 0 Å². The van der Waals surface area contributed by atoms with Gasteiger partial charge in [-0.2, -0.15) is 0 Å². The molecule has 1 aromatic heterocycles. The maximum absolute atomic E-state index is 4.90. The minimum atomic E-state index is -1.31. The second kappa shape index (κ2) is 7.20. The van der Waals surface area contributed by atoms with Gasteiger partial charge in [0.2, 0.25) is 0 Å². The molecule has 26 heavy (non-hydrogen) atoms. The van der Waals surface area contributed by atoms with E-state index in [0.717, 1.165) is 5.69 Å². The van der Waals surface area contributed by atoms with Crippen molar-refractivity contribution < 1.29 is 0 Å². The fourth-order valence-electron chi connectivity index (χ4n) is 4.44. The van der Waals surface area contributed by atoms with Crippen LogP contribution in [0.25, 0.3) is 22.4 Å². The number of aromatic nitrogens is 1. The topological polar surface area (TPSA) is 12.9 Å². The molecule has 2 aromatic carbocycles. The van der Waals surface area contributed by atoms with E-state index in [-0.39, 0.29) is 0 Å². The number of hydrogen-bond acceptors (Lipinski definition) is 1. The number of nitrogens with zero attached hydrogens (tertiary/aromatic N) is 1. The molecule has 0 amide bonds. The molecule has 132 valence electrons. The second-order valence-corrected chi connectivity index (χ2v) is 12.6. The molecular formula is C24H27NSi. The predicted octanol–water partition coefficient (Wildman–Crippen LogP) is 6.19. The third kappa shape index (κ3) is 3.39. The van der Waals surface area contributed by atoms with E-state index in [9.17, 15) is 0 Å². The van der Waals surface area contributed by atoms with Crippen molar-refractivity contribution >= 4 is 13.3 Å². The molecule has 0 bridgehead atoms. The van der Waals surface area contributed by atoms with E-state index in [2.05, 4.69) is 80.3 Å². The first-order chi connectivity index (χ1) is 12.7. The molecule has 1 fully saturated rings. The number of rotatable bonds is 3. The van der Waals surface area contributed by atoms with Crippen LogP contribution in [0.2, 0.25) is 18.6 Å². The van der Waals surface area contributed by atoms with Gasteiger partial charge in [0.05, 0.1) is 13.8 Å². The van der Waals surface area contributed by atoms with Gasteiger partial charge in [-0.15, -0.1) is 0 Å². The van der Waals surface area contributed by atoms with Crippen molar-refractivity contribution in [3.8, 4) is 22.4 Å². The lowest BCUT2D eigenvalue weighted by Gasteiger charge is -2.33. The van der Waals surface area contributed by atoms with E-state index < -0.39 is 8.07 Å². The number of pyridine rings is 1. The van der Waals surface area contributed by atoms with E-state index in [1.54, 1.807) is 5.19 Å². The van der Waals surface area contributed by atoms with E-state index in [1.165, 1.54) is 53.6 Å². The van der Waals surface area contributed by atoms with Crippen LogP contribution < -0.4 is 5.19 Å². The van der Waals surface area contributed by atoms with Gasteiger partial charge >= 0.3 is 0 Å². The van der Waals surface area contributed by atoms with Gasteiger partial charge in [-0.05, 0) is 40.9 Å². The first-order valence-corrected chi connectivity index (χ1v) is 12.7. The molecule has 1 nitrogen and oxygen atoms in total. The Bertz CT molecular complexity index is 895. The summed E-state index contributed by atoms with van der Waals surface area (Å²) in [6.45, 7) is 4.85. The van der Waals surface area contributed by atoms with Crippen LogP contribution >= 0.6 is 0 Å². The fraction of sp³-hybridized carbons (Fsp3) is 0.292. The lowest BCUT2D eigenvalue weighted by atomic mass is 10.0. The van der Waals surface area contributed by atoms with Crippen molar-refractivity contribution in [2.45, 2.75) is 44.8 Å². The second-order valence-electron chi connectivity index (χ2n) is 7.95. The molecular weight excluding hydrogens is 330 g/mol. The summed E-state index contributed by atoms with van der Waals surface area (Å²) >= 11 is 0. The van der Waals surface area contributed by atoms with Crippen molar-refractivity contribution in [3.05, 3.63) is 72.4 Å². The highest BCUT2D eigenvalue weighted by atomic mass is 28.3. The van der Waals surface area contributed by atoms with Gasteiger partial charge in [0.1, 0.15) is 0 Å². The van der Waals surface area contributed by atoms with Crippen molar-refractivity contribution in [3.63, 3.8) is 0 Å². The number of aryl methyl sites for hydroxylation is 1. The fourth-order valence-corrected chi connectivity index (χ4v) is 8.69. The molecule has 2 heteroatoms. The Morgan fingerprint density at radius 3 is 2.19 bits per heavy atom. The van der Waals surface area contributed by atoms with Gasteiger partial charge in [0.25, 0.3) is 0 Å². The van der Waals surface area contributed by atoms with Crippen LogP contribution in [0.4, 0.5) is 0 Å². The summed E-state index contributed by atoms with van der Waals surface area (Å²) in [5, 5.41) is 1.58. The third-order valence-electron chi connectivity index (χ3n) is 5.98. The molecule has 0 N–H and O–H groups in total. The van der Waals surface area contributed by atoms with Crippen molar-refractivity contribution in [2.24, 2.45) is 0 Å². The molecule has 0 aliphatic carbocycles. The average molecular weight is 358 g/mol. The van der Waals surface area contributed by atoms with Gasteiger partial charge in [-0.1, -0.05) is 86.4 Å². The molecule has 4 rings (SSSR count). The largest absolute Gasteiger partial charge is 0.256 e. The first kappa shape index (κ1) is 17.2. The molecule has 0 atom stereocenters. The van der Waals surface area contributed by atoms with Crippen LogP contribution in [0, 0.1) is 6.92 Å². The maximum Gasteiger partial charge on any atom is 0.0860 e. The smallest absolute Gasteiger partial charge is 0.0860 e. The monoisotopic (exact) mass is 357 g/mol. The summed E-state index contributed by atoms with van der Waals surface area (Å²) in [5.74, 6) is 0. The highest BCUT2D eigenvalue weighted by Gasteiger charge is 2.32. The lowest BCUT2D eigenvalue weighted by Crippen LogP contribution is -2.47. The summed E-state index contributed by atoms with van der Waals surface area (Å²) in [4.78, 5) is 4.90. The molecule has 0 saturated carbocycles. The maximum atomic E-state index is 4.90. The zero-order valence-electron chi connectivity index (χ0n) is 15.8. The number of hydrogen-bond donors (Lipinski definition) is 0. The van der Waals surface area contributed by atoms with Crippen LogP contribution in [0.1, 0.15) is 24.8 Å². The van der Waals surface area contributed by atoms with Gasteiger partial charge in [0.15, 0.2) is 0 Å². The molecule has 1 aliphatic heterocycles. The molecule has 0 spiro atoms. The van der Waals surface area contributed by atoms with Crippen molar-refractivity contribution in [2.75, 3.05) is 0 Å². The van der Waals surface area contributed by atoms with Crippen LogP contribution in [0.15, 0.2) is 66.9 Å². The van der Waals surface area contributed by atoms with Gasteiger partial charge in [0, 0.05) is 11.8 Å². The summed E-state index contributed by atoms with van der Waals surface area (Å²) in [7, 11) is -1.31. The highest BCUT2D eigenvalue weighted by Crippen LogP contribution is 2.30. The molecule has 1 aliphatic rings. The van der Waals surface area contributed by atoms with Crippen LogP contribution in [-0.2, 0) is 0 Å². The zero-order chi connectivity index (χ0) is 18.0. The van der Waals surface area contributed by atoms with E-state index in [4.69, 9.17) is 4.98 Å². The summed E-state index contributed by atoms with van der Waals surface area (Å²) < 4.78 is 0. The Morgan fingerprint density at radius 1 is 0.769 bits per heavy atom. The SMILES string of the molecule is Cc1cc(-c2cccc(-c3ccccc3)c2)ncc1[Si]1(C)CCCCC1. The lowest BCUT2D eigenvalue weighted by molar-refractivity contribution is 0.717. The molecule has 2 heterocycles. The minimum Gasteiger partial charge on any atom is -0.256 e. The van der Waals surface area contributed by atoms with Crippen molar-refractivity contribution in [1.29, 1.82) is 0 Å². The summed E-state index contributed by atoms with van der Waals surface area (Å²) in [6, 6.07) is 24.5. The Balaban J connectivity index is 1.68. The summed E-state index contributed by atoms with van der Waals surface area (Å²) in [5.41, 5.74) is 6.25. The van der Waals surface area contributed by atoms with Crippen LogP contribution in [-0.4, -0.2) is 13.1 Å². The van der Waals surface area contributed by atoms with Gasteiger partial charge in [-0.25, -0.2) is 0 Å². The molecule has 0 radical (unpaired) electrons.